The van der Waals surface area contributed by atoms with Gasteiger partial charge in [0.25, 0.3) is 0 Å². The van der Waals surface area contributed by atoms with E-state index in [0.29, 0.717) is 5.15 Å². The first-order valence-electron chi connectivity index (χ1n) is 7.42. The number of hydrogen-bond acceptors (Lipinski definition) is 5. The molecule has 1 N–H and O–H groups in total. The van der Waals surface area contributed by atoms with Crippen LogP contribution in [-0.2, 0) is 6.42 Å². The molecule has 24 heavy (non-hydrogen) atoms. The van der Waals surface area contributed by atoms with Crippen LogP contribution in [0.3, 0.4) is 0 Å². The SMILES string of the molecule is CN(c1cccnc1)c1nc(Cl)c(Cc2c[nH]c3ncccc23)s1. The molecule has 5 nitrogen and oxygen atoms in total. The number of rotatable bonds is 4. The largest absolute Gasteiger partial charge is 0.346 e. The average Bonchev–Trinajstić information content (AvgIpc) is 3.20. The molecule has 120 valence electrons. The van der Waals surface area contributed by atoms with Gasteiger partial charge in [0.1, 0.15) is 10.8 Å². The van der Waals surface area contributed by atoms with Gasteiger partial charge in [0.05, 0.1) is 16.8 Å². The Labute approximate surface area is 148 Å². The third kappa shape index (κ3) is 2.74. The lowest BCUT2D eigenvalue weighted by molar-refractivity contribution is 1.14. The number of pyridine rings is 2. The fraction of sp³-hybridized carbons (Fsp3) is 0.118. The van der Waals surface area contributed by atoms with Crippen molar-refractivity contribution in [3.05, 3.63) is 64.6 Å². The van der Waals surface area contributed by atoms with Crippen molar-refractivity contribution in [3.8, 4) is 0 Å². The van der Waals surface area contributed by atoms with Gasteiger partial charge in [-0.3, -0.25) is 4.98 Å². The number of hydrogen-bond donors (Lipinski definition) is 1. The Kier molecular flexibility index (Phi) is 3.92. The van der Waals surface area contributed by atoms with Crippen molar-refractivity contribution < 1.29 is 0 Å². The zero-order valence-electron chi connectivity index (χ0n) is 12.9. The van der Waals surface area contributed by atoms with Gasteiger partial charge in [-0.25, -0.2) is 9.97 Å². The first-order chi connectivity index (χ1) is 11.7. The van der Waals surface area contributed by atoms with Crippen LogP contribution in [0.25, 0.3) is 11.0 Å². The van der Waals surface area contributed by atoms with E-state index in [1.54, 1.807) is 29.9 Å². The van der Waals surface area contributed by atoms with E-state index in [-0.39, 0.29) is 0 Å². The third-order valence-corrected chi connectivity index (χ3v) is 5.40. The topological polar surface area (TPSA) is 57.7 Å². The highest BCUT2D eigenvalue weighted by atomic mass is 35.5. The molecule has 0 saturated carbocycles. The Morgan fingerprint density at radius 2 is 2.12 bits per heavy atom. The van der Waals surface area contributed by atoms with E-state index in [9.17, 15) is 0 Å². The van der Waals surface area contributed by atoms with Crippen LogP contribution < -0.4 is 4.90 Å². The number of halogens is 1. The molecule has 0 atom stereocenters. The lowest BCUT2D eigenvalue weighted by atomic mass is 10.1. The zero-order valence-corrected chi connectivity index (χ0v) is 14.5. The van der Waals surface area contributed by atoms with E-state index in [4.69, 9.17) is 11.6 Å². The highest BCUT2D eigenvalue weighted by Gasteiger charge is 2.16. The second-order valence-corrected chi connectivity index (χ2v) is 6.79. The van der Waals surface area contributed by atoms with Crippen LogP contribution in [-0.4, -0.2) is 27.0 Å². The van der Waals surface area contributed by atoms with Crippen LogP contribution >= 0.6 is 22.9 Å². The van der Waals surface area contributed by atoms with Crippen molar-refractivity contribution >= 4 is 44.8 Å². The minimum Gasteiger partial charge on any atom is -0.346 e. The molecule has 4 heterocycles. The molecule has 7 heteroatoms. The van der Waals surface area contributed by atoms with Crippen molar-refractivity contribution in [2.45, 2.75) is 6.42 Å². The fourth-order valence-electron chi connectivity index (χ4n) is 2.57. The van der Waals surface area contributed by atoms with Crippen molar-refractivity contribution in [2.24, 2.45) is 0 Å². The van der Waals surface area contributed by atoms with Crippen molar-refractivity contribution in [1.29, 1.82) is 0 Å². The van der Waals surface area contributed by atoms with Gasteiger partial charge in [-0.2, -0.15) is 0 Å². The molecule has 0 aliphatic heterocycles. The highest BCUT2D eigenvalue weighted by Crippen LogP contribution is 2.34. The predicted molar refractivity (Wildman–Crippen MR) is 98.3 cm³/mol. The van der Waals surface area contributed by atoms with E-state index in [1.807, 2.05) is 36.3 Å². The van der Waals surface area contributed by atoms with Crippen molar-refractivity contribution in [1.82, 2.24) is 19.9 Å². The monoisotopic (exact) mass is 355 g/mol. The summed E-state index contributed by atoms with van der Waals surface area (Å²) in [6.45, 7) is 0. The number of aromatic amines is 1. The standard InChI is InChI=1S/C17H14ClN5S/c1-23(12-4-2-6-19-10-12)17-22-15(18)14(24-17)8-11-9-21-16-13(11)5-3-7-20-16/h2-7,9-10H,8H2,1H3,(H,20,21). The number of aromatic nitrogens is 4. The molecule has 0 aromatic carbocycles. The molecule has 0 aliphatic carbocycles. The molecule has 0 amide bonds. The summed E-state index contributed by atoms with van der Waals surface area (Å²) in [6, 6.07) is 7.90. The van der Waals surface area contributed by atoms with Gasteiger partial charge >= 0.3 is 0 Å². The minimum atomic E-state index is 0.545. The number of nitrogens with zero attached hydrogens (tertiary/aromatic N) is 4. The molecule has 0 bridgehead atoms. The Morgan fingerprint density at radius 3 is 2.96 bits per heavy atom. The first kappa shape index (κ1) is 15.1. The quantitative estimate of drug-likeness (QED) is 0.588. The van der Waals surface area contributed by atoms with Gasteiger partial charge in [0.2, 0.25) is 0 Å². The van der Waals surface area contributed by atoms with Crippen LogP contribution in [0.5, 0.6) is 0 Å². The van der Waals surface area contributed by atoms with Gasteiger partial charge < -0.3 is 9.88 Å². The normalized spacial score (nSPS) is 11.1. The maximum atomic E-state index is 6.38. The van der Waals surface area contributed by atoms with Gasteiger partial charge in [-0.1, -0.05) is 22.9 Å². The van der Waals surface area contributed by atoms with Gasteiger partial charge in [-0.15, -0.1) is 0 Å². The summed E-state index contributed by atoms with van der Waals surface area (Å²) in [7, 11) is 1.96. The van der Waals surface area contributed by atoms with E-state index in [1.165, 1.54) is 5.56 Å². The summed E-state index contributed by atoms with van der Waals surface area (Å²) < 4.78 is 0. The summed E-state index contributed by atoms with van der Waals surface area (Å²) in [5, 5.41) is 2.51. The van der Waals surface area contributed by atoms with Crippen LogP contribution in [0.1, 0.15) is 10.4 Å². The summed E-state index contributed by atoms with van der Waals surface area (Å²) in [6.07, 6.45) is 8.05. The molecule has 0 spiro atoms. The van der Waals surface area contributed by atoms with Crippen LogP contribution in [0.2, 0.25) is 5.15 Å². The van der Waals surface area contributed by atoms with E-state index in [0.717, 1.165) is 33.2 Å². The highest BCUT2D eigenvalue weighted by molar-refractivity contribution is 7.16. The molecule has 4 aromatic rings. The van der Waals surface area contributed by atoms with Crippen molar-refractivity contribution in [2.75, 3.05) is 11.9 Å². The number of thiazole rings is 1. The van der Waals surface area contributed by atoms with Crippen molar-refractivity contribution in [3.63, 3.8) is 0 Å². The van der Waals surface area contributed by atoms with Crippen LogP contribution in [0, 0.1) is 0 Å². The zero-order chi connectivity index (χ0) is 16.5. The molecular formula is C17H14ClN5S. The smallest absolute Gasteiger partial charge is 0.191 e. The summed E-state index contributed by atoms with van der Waals surface area (Å²) >= 11 is 7.97. The Hall–Kier alpha value is -2.44. The molecule has 0 fully saturated rings. The van der Waals surface area contributed by atoms with E-state index < -0.39 is 0 Å². The maximum absolute atomic E-state index is 6.38. The lowest BCUT2D eigenvalue weighted by Gasteiger charge is -2.14. The molecule has 0 aliphatic rings. The predicted octanol–water partition coefficient (Wildman–Crippen LogP) is 4.43. The number of nitrogens with one attached hydrogen (secondary N) is 1. The second kappa shape index (κ2) is 6.22. The summed E-state index contributed by atoms with van der Waals surface area (Å²) in [5.41, 5.74) is 3.03. The molecular weight excluding hydrogens is 342 g/mol. The fourth-order valence-corrected chi connectivity index (χ4v) is 3.84. The first-order valence-corrected chi connectivity index (χ1v) is 8.62. The summed E-state index contributed by atoms with van der Waals surface area (Å²) in [4.78, 5) is 19.2. The van der Waals surface area contributed by atoms with Gasteiger partial charge in [-0.05, 0) is 29.8 Å². The minimum absolute atomic E-state index is 0.545. The second-order valence-electron chi connectivity index (χ2n) is 5.37. The van der Waals surface area contributed by atoms with Gasteiger partial charge in [0.15, 0.2) is 5.13 Å². The lowest BCUT2D eigenvalue weighted by Crippen LogP contribution is -2.08. The molecule has 0 unspecified atom stereocenters. The molecule has 4 rings (SSSR count). The van der Waals surface area contributed by atoms with Crippen LogP contribution in [0.15, 0.2) is 49.1 Å². The molecule has 4 aromatic heterocycles. The van der Waals surface area contributed by atoms with E-state index >= 15 is 0 Å². The third-order valence-electron chi connectivity index (χ3n) is 3.85. The van der Waals surface area contributed by atoms with Crippen LogP contribution in [0.4, 0.5) is 10.8 Å². The Morgan fingerprint density at radius 1 is 1.25 bits per heavy atom. The molecule has 0 radical (unpaired) electrons. The maximum Gasteiger partial charge on any atom is 0.191 e. The Balaban J connectivity index is 1.64. The van der Waals surface area contributed by atoms with E-state index in [2.05, 4.69) is 26.0 Å². The average molecular weight is 356 g/mol. The number of anilines is 2. The summed E-state index contributed by atoms with van der Waals surface area (Å²) in [5.74, 6) is 0. The van der Waals surface area contributed by atoms with Gasteiger partial charge in [0, 0.05) is 37.4 Å². The number of H-pyrrole nitrogens is 1. The molecule has 0 saturated heterocycles. The Bertz CT molecular complexity index is 979. The number of fused-ring (bicyclic) bond motifs is 1.